The van der Waals surface area contributed by atoms with Crippen LogP contribution in [-0.4, -0.2) is 19.5 Å². The Morgan fingerprint density at radius 2 is 1.90 bits per heavy atom. The highest BCUT2D eigenvalue weighted by Crippen LogP contribution is 2.15. The lowest BCUT2D eigenvalue weighted by molar-refractivity contribution is -0.117. The van der Waals surface area contributed by atoms with Crippen molar-refractivity contribution in [3.05, 3.63) is 0 Å². The van der Waals surface area contributed by atoms with Gasteiger partial charge in [0.15, 0.2) is 0 Å². The first kappa shape index (κ1) is 9.92. The van der Waals surface area contributed by atoms with Crippen molar-refractivity contribution in [1.29, 1.82) is 0 Å². The molecule has 0 heterocycles. The summed E-state index contributed by atoms with van der Waals surface area (Å²) < 4.78 is 10.2. The van der Waals surface area contributed by atoms with Gasteiger partial charge in [-0.15, -0.1) is 0 Å². The summed E-state index contributed by atoms with van der Waals surface area (Å²) in [6.07, 6.45) is 2.23. The van der Waals surface area contributed by atoms with Gasteiger partial charge in [0.1, 0.15) is 6.79 Å². The Morgan fingerprint density at radius 3 is 2.30 bits per heavy atom. The zero-order valence-corrected chi connectivity index (χ0v) is 7.44. The molecule has 0 aromatic heterocycles. The quantitative estimate of drug-likeness (QED) is 0.553. The molecule has 62 valence electrons. The summed E-state index contributed by atoms with van der Waals surface area (Å²) in [6, 6.07) is 0. The van der Waals surface area contributed by atoms with Gasteiger partial charge in [-0.25, -0.2) is 0 Å². The van der Waals surface area contributed by atoms with Crippen LogP contribution >= 0.6 is 0 Å². The standard InChI is InChI=1S/C8H18O2/c1-5-6-8(2,3)10-7-9-4/h5-7H2,1-4H3. The minimum Gasteiger partial charge on any atom is -0.359 e. The lowest BCUT2D eigenvalue weighted by atomic mass is 10.0. The Balaban J connectivity index is 3.42. The summed E-state index contributed by atoms with van der Waals surface area (Å²) >= 11 is 0. The van der Waals surface area contributed by atoms with Crippen LogP contribution in [0.3, 0.4) is 0 Å². The second kappa shape index (κ2) is 4.69. The maximum atomic E-state index is 5.40. The molecule has 0 saturated carbocycles. The molecule has 0 saturated heterocycles. The lowest BCUT2D eigenvalue weighted by Crippen LogP contribution is -2.24. The van der Waals surface area contributed by atoms with Crippen molar-refractivity contribution in [3.8, 4) is 0 Å². The van der Waals surface area contributed by atoms with Crippen molar-refractivity contribution < 1.29 is 9.47 Å². The number of rotatable bonds is 5. The number of hydrogen-bond acceptors (Lipinski definition) is 2. The molecule has 0 bridgehead atoms. The third-order valence-electron chi connectivity index (χ3n) is 1.42. The molecule has 0 spiro atoms. The molecule has 0 aromatic rings. The van der Waals surface area contributed by atoms with Gasteiger partial charge in [-0.2, -0.15) is 0 Å². The minimum atomic E-state index is -0.0231. The van der Waals surface area contributed by atoms with E-state index in [0.717, 1.165) is 12.8 Å². The van der Waals surface area contributed by atoms with Crippen molar-refractivity contribution in [2.75, 3.05) is 13.9 Å². The first-order valence-electron chi connectivity index (χ1n) is 3.75. The first-order valence-corrected chi connectivity index (χ1v) is 3.75. The van der Waals surface area contributed by atoms with E-state index in [2.05, 4.69) is 20.8 Å². The van der Waals surface area contributed by atoms with Gasteiger partial charge < -0.3 is 9.47 Å². The van der Waals surface area contributed by atoms with Gasteiger partial charge >= 0.3 is 0 Å². The van der Waals surface area contributed by atoms with E-state index in [1.807, 2.05) is 0 Å². The highest BCUT2D eigenvalue weighted by atomic mass is 16.7. The topological polar surface area (TPSA) is 18.5 Å². The van der Waals surface area contributed by atoms with Crippen LogP contribution in [0.15, 0.2) is 0 Å². The molecule has 0 aliphatic heterocycles. The number of methoxy groups -OCH3 is 1. The van der Waals surface area contributed by atoms with Crippen molar-refractivity contribution in [2.24, 2.45) is 0 Å². The fourth-order valence-electron chi connectivity index (χ4n) is 0.893. The fraction of sp³-hybridized carbons (Fsp3) is 1.00. The smallest absolute Gasteiger partial charge is 0.147 e. The Labute approximate surface area is 63.5 Å². The zero-order chi connectivity index (χ0) is 8.04. The molecule has 0 fully saturated rings. The van der Waals surface area contributed by atoms with E-state index < -0.39 is 0 Å². The van der Waals surface area contributed by atoms with Crippen molar-refractivity contribution >= 4 is 0 Å². The molecule has 2 nitrogen and oxygen atoms in total. The summed E-state index contributed by atoms with van der Waals surface area (Å²) in [5.74, 6) is 0. The van der Waals surface area contributed by atoms with Crippen LogP contribution in [0.1, 0.15) is 33.6 Å². The second-order valence-corrected chi connectivity index (χ2v) is 3.06. The second-order valence-electron chi connectivity index (χ2n) is 3.06. The van der Waals surface area contributed by atoms with E-state index >= 15 is 0 Å². The summed E-state index contributed by atoms with van der Waals surface area (Å²) in [6.45, 7) is 6.70. The summed E-state index contributed by atoms with van der Waals surface area (Å²) in [7, 11) is 1.64. The molecule has 0 unspecified atom stereocenters. The van der Waals surface area contributed by atoms with E-state index in [0.29, 0.717) is 6.79 Å². The molecule has 0 N–H and O–H groups in total. The predicted molar refractivity (Wildman–Crippen MR) is 41.9 cm³/mol. The molecule has 0 rings (SSSR count). The van der Waals surface area contributed by atoms with E-state index in [4.69, 9.17) is 9.47 Å². The van der Waals surface area contributed by atoms with Crippen LogP contribution in [-0.2, 0) is 9.47 Å². The SMILES string of the molecule is CCCC(C)(C)OCOC. The van der Waals surface area contributed by atoms with Crippen LogP contribution in [0.5, 0.6) is 0 Å². The van der Waals surface area contributed by atoms with Gasteiger partial charge in [0.2, 0.25) is 0 Å². The van der Waals surface area contributed by atoms with Crippen molar-refractivity contribution in [2.45, 2.75) is 39.2 Å². The van der Waals surface area contributed by atoms with Gasteiger partial charge in [0.05, 0.1) is 5.60 Å². The third kappa shape index (κ3) is 4.77. The monoisotopic (exact) mass is 146 g/mol. The number of ether oxygens (including phenoxy) is 2. The molecule has 0 radical (unpaired) electrons. The van der Waals surface area contributed by atoms with E-state index in [1.165, 1.54) is 0 Å². The first-order chi connectivity index (χ1) is 4.62. The van der Waals surface area contributed by atoms with Gasteiger partial charge in [0.25, 0.3) is 0 Å². The largest absolute Gasteiger partial charge is 0.359 e. The Hall–Kier alpha value is -0.0800. The average molecular weight is 146 g/mol. The van der Waals surface area contributed by atoms with Gasteiger partial charge in [-0.05, 0) is 20.3 Å². The van der Waals surface area contributed by atoms with Crippen molar-refractivity contribution in [3.63, 3.8) is 0 Å². The highest BCUT2D eigenvalue weighted by molar-refractivity contribution is 4.65. The molecule has 10 heavy (non-hydrogen) atoms. The molecule has 0 atom stereocenters. The Kier molecular flexibility index (Phi) is 4.65. The van der Waals surface area contributed by atoms with Crippen LogP contribution < -0.4 is 0 Å². The summed E-state index contributed by atoms with van der Waals surface area (Å²) in [4.78, 5) is 0. The van der Waals surface area contributed by atoms with E-state index in [9.17, 15) is 0 Å². The normalized spacial score (nSPS) is 12.0. The third-order valence-corrected chi connectivity index (χ3v) is 1.42. The highest BCUT2D eigenvalue weighted by Gasteiger charge is 2.15. The molecule has 0 aromatic carbocycles. The van der Waals surface area contributed by atoms with E-state index in [-0.39, 0.29) is 5.60 Å². The van der Waals surface area contributed by atoms with E-state index in [1.54, 1.807) is 7.11 Å². The summed E-state index contributed by atoms with van der Waals surface area (Å²) in [5.41, 5.74) is -0.0231. The summed E-state index contributed by atoms with van der Waals surface area (Å²) in [5, 5.41) is 0. The lowest BCUT2D eigenvalue weighted by Gasteiger charge is -2.23. The molecule has 2 heteroatoms. The fourth-order valence-corrected chi connectivity index (χ4v) is 0.893. The van der Waals surface area contributed by atoms with Crippen LogP contribution in [0, 0.1) is 0 Å². The van der Waals surface area contributed by atoms with Crippen LogP contribution in [0.4, 0.5) is 0 Å². The minimum absolute atomic E-state index is 0.0231. The average Bonchev–Trinajstić information content (AvgIpc) is 1.84. The van der Waals surface area contributed by atoms with Crippen molar-refractivity contribution in [1.82, 2.24) is 0 Å². The predicted octanol–water partition coefficient (Wildman–Crippen LogP) is 2.19. The molecular formula is C8H18O2. The molecular weight excluding hydrogens is 128 g/mol. The maximum Gasteiger partial charge on any atom is 0.147 e. The molecule has 0 amide bonds. The van der Waals surface area contributed by atoms with Gasteiger partial charge in [-0.1, -0.05) is 13.3 Å². The van der Waals surface area contributed by atoms with Gasteiger partial charge in [0, 0.05) is 7.11 Å². The van der Waals surface area contributed by atoms with Gasteiger partial charge in [-0.3, -0.25) is 0 Å². The van der Waals surface area contributed by atoms with Crippen LogP contribution in [0.25, 0.3) is 0 Å². The Bertz CT molecular complexity index is 79.3. The number of hydrogen-bond donors (Lipinski definition) is 0. The Morgan fingerprint density at radius 1 is 1.30 bits per heavy atom. The zero-order valence-electron chi connectivity index (χ0n) is 7.44. The maximum absolute atomic E-state index is 5.40. The van der Waals surface area contributed by atoms with Crippen LogP contribution in [0.2, 0.25) is 0 Å². The molecule has 0 aliphatic carbocycles. The molecule has 0 aliphatic rings.